The van der Waals surface area contributed by atoms with Gasteiger partial charge in [0.15, 0.2) is 11.6 Å². The van der Waals surface area contributed by atoms with Crippen molar-refractivity contribution in [3.8, 4) is 5.75 Å². The maximum Gasteiger partial charge on any atom is 0.387 e. The molecule has 0 fully saturated rings. The first kappa shape index (κ1) is 14.2. The molecule has 0 atom stereocenters. The van der Waals surface area contributed by atoms with E-state index in [2.05, 4.69) is 10.1 Å². The van der Waals surface area contributed by atoms with Gasteiger partial charge in [0.05, 0.1) is 0 Å². The van der Waals surface area contributed by atoms with Gasteiger partial charge in [0.25, 0.3) is 0 Å². The van der Waals surface area contributed by atoms with Crippen molar-refractivity contribution in [2.45, 2.75) is 20.1 Å². The summed E-state index contributed by atoms with van der Waals surface area (Å²) in [6.07, 6.45) is 0. The molecule has 1 N–H and O–H groups in total. The van der Waals surface area contributed by atoms with Gasteiger partial charge >= 0.3 is 6.61 Å². The summed E-state index contributed by atoms with van der Waals surface area (Å²) in [6, 6.07) is 11.6. The lowest BCUT2D eigenvalue weighted by molar-refractivity contribution is -0.0521. The minimum Gasteiger partial charge on any atom is -0.432 e. The molecule has 2 aromatic carbocycles. The van der Waals surface area contributed by atoms with Crippen molar-refractivity contribution >= 4 is 5.69 Å². The quantitative estimate of drug-likeness (QED) is 0.879. The highest BCUT2D eigenvalue weighted by atomic mass is 19.3. The molecule has 2 rings (SSSR count). The second-order valence-corrected chi connectivity index (χ2v) is 4.30. The molecule has 2 nitrogen and oxygen atoms in total. The van der Waals surface area contributed by atoms with Gasteiger partial charge in [-0.1, -0.05) is 24.3 Å². The number of alkyl halides is 2. The van der Waals surface area contributed by atoms with E-state index in [1.54, 1.807) is 0 Å². The molecule has 5 heteroatoms. The maximum atomic E-state index is 13.5. The number of hydrogen-bond donors (Lipinski definition) is 1. The standard InChI is InChI=1S/C15H14F3NO/c1-10-4-2-3-5-11(10)9-19-12-6-7-14(13(16)8-12)20-15(17)18/h2-8,15,19H,9H2,1H3. The number of ether oxygens (including phenoxy) is 1. The third-order valence-corrected chi connectivity index (χ3v) is 2.89. The molecule has 0 radical (unpaired) electrons. The zero-order valence-electron chi connectivity index (χ0n) is 10.9. The zero-order valence-corrected chi connectivity index (χ0v) is 10.9. The molecule has 0 amide bonds. The van der Waals surface area contributed by atoms with E-state index in [0.717, 1.165) is 17.2 Å². The molecule has 0 aliphatic heterocycles. The highest BCUT2D eigenvalue weighted by Gasteiger charge is 2.10. The second kappa shape index (κ2) is 6.32. The summed E-state index contributed by atoms with van der Waals surface area (Å²) in [6.45, 7) is -0.520. The Balaban J connectivity index is 2.04. The van der Waals surface area contributed by atoms with Crippen LogP contribution in [0.15, 0.2) is 42.5 Å². The summed E-state index contributed by atoms with van der Waals surface area (Å²) in [4.78, 5) is 0. The van der Waals surface area contributed by atoms with Gasteiger partial charge in [-0.15, -0.1) is 0 Å². The lowest BCUT2D eigenvalue weighted by Gasteiger charge is -2.11. The average Bonchev–Trinajstić information content (AvgIpc) is 2.40. The largest absolute Gasteiger partial charge is 0.432 e. The Labute approximate surface area is 115 Å². The smallest absolute Gasteiger partial charge is 0.387 e. The summed E-state index contributed by atoms with van der Waals surface area (Å²) in [5.74, 6) is -1.28. The van der Waals surface area contributed by atoms with Crippen molar-refractivity contribution in [3.05, 3.63) is 59.4 Å². The Kier molecular flexibility index (Phi) is 4.50. The number of rotatable bonds is 5. The number of anilines is 1. The fourth-order valence-corrected chi connectivity index (χ4v) is 1.81. The second-order valence-electron chi connectivity index (χ2n) is 4.30. The molecular weight excluding hydrogens is 267 g/mol. The van der Waals surface area contributed by atoms with Crippen LogP contribution in [0.5, 0.6) is 5.75 Å². The van der Waals surface area contributed by atoms with Crippen LogP contribution < -0.4 is 10.1 Å². The number of nitrogens with one attached hydrogen (secondary N) is 1. The van der Waals surface area contributed by atoms with Crippen LogP contribution in [0.3, 0.4) is 0 Å². The van der Waals surface area contributed by atoms with Gasteiger partial charge in [0.2, 0.25) is 0 Å². The van der Waals surface area contributed by atoms with Gasteiger partial charge in [0.1, 0.15) is 0 Å². The van der Waals surface area contributed by atoms with E-state index in [-0.39, 0.29) is 0 Å². The van der Waals surface area contributed by atoms with Crippen LogP contribution in [0.4, 0.5) is 18.9 Å². The minimum atomic E-state index is -3.03. The van der Waals surface area contributed by atoms with Crippen LogP contribution in [0.1, 0.15) is 11.1 Å². The molecule has 0 saturated carbocycles. The molecule has 20 heavy (non-hydrogen) atoms. The summed E-state index contributed by atoms with van der Waals surface area (Å²) in [7, 11) is 0. The lowest BCUT2D eigenvalue weighted by Crippen LogP contribution is -2.05. The van der Waals surface area contributed by atoms with E-state index in [9.17, 15) is 13.2 Å². The van der Waals surface area contributed by atoms with Gasteiger partial charge in [-0.2, -0.15) is 8.78 Å². The van der Waals surface area contributed by atoms with Crippen LogP contribution in [0.2, 0.25) is 0 Å². The lowest BCUT2D eigenvalue weighted by atomic mass is 10.1. The Morgan fingerprint density at radius 3 is 2.55 bits per heavy atom. The Morgan fingerprint density at radius 1 is 1.15 bits per heavy atom. The van der Waals surface area contributed by atoms with E-state index >= 15 is 0 Å². The first-order valence-electron chi connectivity index (χ1n) is 6.09. The van der Waals surface area contributed by atoms with Gasteiger partial charge in [0, 0.05) is 18.3 Å². The average molecular weight is 281 g/mol. The van der Waals surface area contributed by atoms with Gasteiger partial charge in [-0.3, -0.25) is 0 Å². The molecule has 106 valence electrons. The van der Waals surface area contributed by atoms with Crippen LogP contribution >= 0.6 is 0 Å². The monoisotopic (exact) mass is 281 g/mol. The first-order chi connectivity index (χ1) is 9.56. The number of hydrogen-bond acceptors (Lipinski definition) is 2. The predicted molar refractivity (Wildman–Crippen MR) is 71.5 cm³/mol. The van der Waals surface area contributed by atoms with Crippen molar-refractivity contribution in [2.24, 2.45) is 0 Å². The van der Waals surface area contributed by atoms with Crippen LogP contribution in [0.25, 0.3) is 0 Å². The highest BCUT2D eigenvalue weighted by Crippen LogP contribution is 2.23. The predicted octanol–water partition coefficient (Wildman–Crippen LogP) is 4.35. The fraction of sp³-hybridized carbons (Fsp3) is 0.200. The third-order valence-electron chi connectivity index (χ3n) is 2.89. The number of aryl methyl sites for hydroxylation is 1. The molecule has 0 aliphatic rings. The van der Waals surface area contributed by atoms with Crippen molar-refractivity contribution in [1.82, 2.24) is 0 Å². The fourth-order valence-electron chi connectivity index (χ4n) is 1.81. The van der Waals surface area contributed by atoms with Crippen LogP contribution in [-0.2, 0) is 6.54 Å². The minimum absolute atomic E-state index is 0.457. The van der Waals surface area contributed by atoms with E-state index < -0.39 is 18.2 Å². The van der Waals surface area contributed by atoms with Gasteiger partial charge in [-0.25, -0.2) is 4.39 Å². The SMILES string of the molecule is Cc1ccccc1CNc1ccc(OC(F)F)c(F)c1. The molecule has 0 saturated heterocycles. The molecule has 0 aliphatic carbocycles. The number of benzene rings is 2. The highest BCUT2D eigenvalue weighted by molar-refractivity contribution is 5.48. The molecular formula is C15H14F3NO. The van der Waals surface area contributed by atoms with Crippen molar-refractivity contribution in [3.63, 3.8) is 0 Å². The van der Waals surface area contributed by atoms with E-state index in [0.29, 0.717) is 12.2 Å². The number of halogens is 3. The molecule has 0 heterocycles. The summed E-state index contributed by atoms with van der Waals surface area (Å²) in [5, 5.41) is 3.04. The van der Waals surface area contributed by atoms with E-state index in [4.69, 9.17) is 0 Å². The third kappa shape index (κ3) is 3.66. The van der Waals surface area contributed by atoms with Gasteiger partial charge < -0.3 is 10.1 Å². The van der Waals surface area contributed by atoms with Crippen molar-refractivity contribution in [2.75, 3.05) is 5.32 Å². The van der Waals surface area contributed by atoms with Crippen molar-refractivity contribution in [1.29, 1.82) is 0 Å². The topological polar surface area (TPSA) is 21.3 Å². The molecule has 0 aromatic heterocycles. The summed E-state index contributed by atoms with van der Waals surface area (Å²) in [5.41, 5.74) is 2.71. The molecule has 0 spiro atoms. The molecule has 2 aromatic rings. The first-order valence-corrected chi connectivity index (χ1v) is 6.09. The summed E-state index contributed by atoms with van der Waals surface area (Å²) < 4.78 is 41.6. The van der Waals surface area contributed by atoms with Crippen LogP contribution in [0, 0.1) is 12.7 Å². The molecule has 0 bridgehead atoms. The Bertz CT molecular complexity index is 587. The van der Waals surface area contributed by atoms with Gasteiger partial charge in [-0.05, 0) is 30.2 Å². The Hall–Kier alpha value is -2.17. The normalized spacial score (nSPS) is 10.7. The molecule has 0 unspecified atom stereocenters. The van der Waals surface area contributed by atoms with E-state index in [1.807, 2.05) is 31.2 Å². The van der Waals surface area contributed by atoms with Crippen LogP contribution in [-0.4, -0.2) is 6.61 Å². The van der Waals surface area contributed by atoms with E-state index in [1.165, 1.54) is 12.1 Å². The Morgan fingerprint density at radius 2 is 1.90 bits per heavy atom. The zero-order chi connectivity index (χ0) is 14.5. The maximum absolute atomic E-state index is 13.5. The van der Waals surface area contributed by atoms with Crippen molar-refractivity contribution < 1.29 is 17.9 Å². The summed E-state index contributed by atoms with van der Waals surface area (Å²) >= 11 is 0.